The van der Waals surface area contributed by atoms with E-state index in [2.05, 4.69) is 58.9 Å². The maximum atomic E-state index is 12.7. The Morgan fingerprint density at radius 3 is 1.65 bits per heavy atom. The summed E-state index contributed by atoms with van der Waals surface area (Å²) < 4.78 is 31.1. The van der Waals surface area contributed by atoms with Crippen LogP contribution in [0.1, 0.15) is 113 Å². The lowest BCUT2D eigenvalue weighted by molar-refractivity contribution is 0.320. The second kappa shape index (κ2) is 16.0. The van der Waals surface area contributed by atoms with Gasteiger partial charge in [0.1, 0.15) is 0 Å². The van der Waals surface area contributed by atoms with Crippen LogP contribution < -0.4 is 0 Å². The molecule has 3 heteroatoms. The van der Waals surface area contributed by atoms with Gasteiger partial charge in [0, 0.05) is 6.08 Å². The number of epoxide rings is 1. The van der Waals surface area contributed by atoms with Gasteiger partial charge in [-0.1, -0.05) is 52.7 Å². The molecular formula is C31H48F2O. The third-order valence-electron chi connectivity index (χ3n) is 6.37. The van der Waals surface area contributed by atoms with E-state index in [1.54, 1.807) is 0 Å². The molecule has 0 aliphatic carbocycles. The minimum Gasteiger partial charge on any atom is -0.367 e. The number of allylic oxidation sites excluding steroid dienone is 11. The first-order chi connectivity index (χ1) is 16.0. The Kier molecular flexibility index (Phi) is 14.3. The normalized spacial score (nSPS) is 18.7. The predicted molar refractivity (Wildman–Crippen MR) is 144 cm³/mol. The van der Waals surface area contributed by atoms with Crippen LogP contribution in [0.25, 0.3) is 0 Å². The fourth-order valence-corrected chi connectivity index (χ4v) is 4.00. The lowest BCUT2D eigenvalue weighted by Gasteiger charge is -2.03. The molecule has 0 bridgehead atoms. The number of ether oxygens (including phenoxy) is 1. The second-order valence-electron chi connectivity index (χ2n) is 10.6. The van der Waals surface area contributed by atoms with Crippen molar-refractivity contribution in [3.8, 4) is 0 Å². The van der Waals surface area contributed by atoms with Crippen LogP contribution in [0, 0.1) is 0 Å². The van der Waals surface area contributed by atoms with Gasteiger partial charge in [-0.25, -0.2) is 0 Å². The fourth-order valence-electron chi connectivity index (χ4n) is 4.00. The smallest absolute Gasteiger partial charge is 0.270 e. The molecule has 0 amide bonds. The maximum absolute atomic E-state index is 12.7. The number of halogens is 2. The minimum atomic E-state index is -1.61. The van der Waals surface area contributed by atoms with Crippen LogP contribution in [0.4, 0.5) is 8.78 Å². The molecule has 1 saturated heterocycles. The van der Waals surface area contributed by atoms with Gasteiger partial charge in [-0.3, -0.25) is 0 Å². The zero-order valence-electron chi connectivity index (χ0n) is 22.8. The average molecular weight is 475 g/mol. The van der Waals surface area contributed by atoms with E-state index < -0.39 is 6.08 Å². The van der Waals surface area contributed by atoms with Crippen molar-refractivity contribution in [1.29, 1.82) is 0 Å². The van der Waals surface area contributed by atoms with Crippen molar-refractivity contribution in [3.63, 3.8) is 0 Å². The van der Waals surface area contributed by atoms with Crippen LogP contribution >= 0.6 is 0 Å². The summed E-state index contributed by atoms with van der Waals surface area (Å²) in [6.07, 6.45) is 20.7. The van der Waals surface area contributed by atoms with Crippen molar-refractivity contribution in [2.24, 2.45) is 0 Å². The van der Waals surface area contributed by atoms with Gasteiger partial charge in [0.15, 0.2) is 0 Å². The highest BCUT2D eigenvalue weighted by atomic mass is 19.3. The first kappa shape index (κ1) is 30.3. The summed E-state index contributed by atoms with van der Waals surface area (Å²) >= 11 is 0. The molecule has 1 aliphatic rings. The monoisotopic (exact) mass is 474 g/mol. The van der Waals surface area contributed by atoms with E-state index in [0.29, 0.717) is 12.5 Å². The van der Waals surface area contributed by atoms with Gasteiger partial charge in [0.25, 0.3) is 6.08 Å². The zero-order chi connectivity index (χ0) is 25.6. The Morgan fingerprint density at radius 2 is 1.15 bits per heavy atom. The van der Waals surface area contributed by atoms with Gasteiger partial charge in [0.05, 0.1) is 11.7 Å². The summed E-state index contributed by atoms with van der Waals surface area (Å²) in [5, 5.41) is 0. The SMILES string of the molecule is CC(C)=CCC/C(C=C(F)F)=C/CC/C(C)=C/CC/C=C(\C)CC/C=C(\C)CC[C@@H]1OC1(C)C. The van der Waals surface area contributed by atoms with E-state index in [0.717, 1.165) is 69.4 Å². The van der Waals surface area contributed by atoms with E-state index in [4.69, 9.17) is 4.74 Å². The van der Waals surface area contributed by atoms with Crippen LogP contribution in [0.5, 0.6) is 0 Å². The second-order valence-corrected chi connectivity index (χ2v) is 10.6. The van der Waals surface area contributed by atoms with Gasteiger partial charge in [0.2, 0.25) is 0 Å². The molecule has 1 nitrogen and oxygen atoms in total. The molecule has 0 aromatic carbocycles. The van der Waals surface area contributed by atoms with Crippen molar-refractivity contribution in [2.75, 3.05) is 0 Å². The van der Waals surface area contributed by atoms with Crippen LogP contribution in [-0.4, -0.2) is 11.7 Å². The maximum Gasteiger partial charge on any atom is 0.270 e. The van der Waals surface area contributed by atoms with E-state index >= 15 is 0 Å². The molecule has 0 aromatic rings. The number of hydrogen-bond acceptors (Lipinski definition) is 1. The van der Waals surface area contributed by atoms with E-state index in [1.165, 1.54) is 22.3 Å². The highest BCUT2D eigenvalue weighted by Crippen LogP contribution is 2.38. The first-order valence-corrected chi connectivity index (χ1v) is 13.0. The molecule has 1 heterocycles. The van der Waals surface area contributed by atoms with Gasteiger partial charge < -0.3 is 4.74 Å². The topological polar surface area (TPSA) is 12.5 Å². The van der Waals surface area contributed by atoms with Gasteiger partial charge >= 0.3 is 0 Å². The minimum absolute atomic E-state index is 0.101. The summed E-state index contributed by atoms with van der Waals surface area (Å²) in [5.41, 5.74) is 6.31. The molecule has 1 atom stereocenters. The molecule has 1 aliphatic heterocycles. The Labute approximate surface area is 208 Å². The molecule has 192 valence electrons. The van der Waals surface area contributed by atoms with Gasteiger partial charge in [-0.2, -0.15) is 8.78 Å². The molecule has 0 aromatic heterocycles. The van der Waals surface area contributed by atoms with E-state index in [9.17, 15) is 8.78 Å². The Bertz CT molecular complexity index is 797. The molecule has 1 rings (SSSR count). The van der Waals surface area contributed by atoms with Crippen molar-refractivity contribution in [2.45, 2.75) is 124 Å². The molecule has 0 spiro atoms. The predicted octanol–water partition coefficient (Wildman–Crippen LogP) is 10.6. The quantitative estimate of drug-likeness (QED) is 0.0937. The molecule has 0 unspecified atom stereocenters. The standard InChI is InChI=1S/C31H48F2O/c1-24(2)13-10-19-28(23-30(32)33)20-12-18-26(4)15-9-8-14-25(3)16-11-17-27(5)21-22-29-31(6,7)34-29/h13-15,17,20,23,29H,8-12,16,18-19,21-22H2,1-7H3/b25-14+,26-15+,27-17+,28-20-/t29-/m0/s1. The highest BCUT2D eigenvalue weighted by molar-refractivity contribution is 5.20. The summed E-state index contributed by atoms with van der Waals surface area (Å²) in [5.74, 6) is 0. The van der Waals surface area contributed by atoms with Crippen molar-refractivity contribution in [1.82, 2.24) is 0 Å². The van der Waals surface area contributed by atoms with Crippen molar-refractivity contribution >= 4 is 0 Å². The summed E-state index contributed by atoms with van der Waals surface area (Å²) in [6.45, 7) is 15.0. The molecule has 0 saturated carbocycles. The van der Waals surface area contributed by atoms with E-state index in [-0.39, 0.29) is 5.60 Å². The number of unbranched alkanes of at least 4 members (excludes halogenated alkanes) is 1. The number of rotatable bonds is 16. The Morgan fingerprint density at radius 1 is 0.676 bits per heavy atom. The Hall–Kier alpha value is -1.74. The zero-order valence-corrected chi connectivity index (χ0v) is 22.8. The first-order valence-electron chi connectivity index (χ1n) is 13.0. The third kappa shape index (κ3) is 15.2. The van der Waals surface area contributed by atoms with Crippen molar-refractivity contribution in [3.05, 3.63) is 70.4 Å². The van der Waals surface area contributed by atoms with Gasteiger partial charge in [-0.05, 0) is 118 Å². The summed E-state index contributed by atoms with van der Waals surface area (Å²) in [6, 6.07) is 0. The molecule has 34 heavy (non-hydrogen) atoms. The summed E-state index contributed by atoms with van der Waals surface area (Å²) in [7, 11) is 0. The highest BCUT2D eigenvalue weighted by Gasteiger charge is 2.46. The van der Waals surface area contributed by atoms with Crippen LogP contribution in [0.2, 0.25) is 0 Å². The van der Waals surface area contributed by atoms with Gasteiger partial charge in [-0.15, -0.1) is 0 Å². The molecular weight excluding hydrogens is 426 g/mol. The molecule has 1 fully saturated rings. The van der Waals surface area contributed by atoms with Crippen LogP contribution in [-0.2, 0) is 4.74 Å². The van der Waals surface area contributed by atoms with E-state index in [1.807, 2.05) is 19.9 Å². The number of hydrogen-bond donors (Lipinski definition) is 0. The van der Waals surface area contributed by atoms with Crippen molar-refractivity contribution < 1.29 is 13.5 Å². The lowest BCUT2D eigenvalue weighted by Crippen LogP contribution is -2.02. The largest absolute Gasteiger partial charge is 0.367 e. The molecule has 0 radical (unpaired) electrons. The lowest BCUT2D eigenvalue weighted by atomic mass is 10.0. The fraction of sp³-hybridized carbons (Fsp3) is 0.613. The summed E-state index contributed by atoms with van der Waals surface area (Å²) in [4.78, 5) is 0. The third-order valence-corrected chi connectivity index (χ3v) is 6.37. The Balaban J connectivity index is 2.29. The average Bonchev–Trinajstić information content (AvgIpc) is 3.35. The van der Waals surface area contributed by atoms with Crippen LogP contribution in [0.3, 0.4) is 0 Å². The molecule has 0 N–H and O–H groups in total. The van der Waals surface area contributed by atoms with Crippen LogP contribution in [0.15, 0.2) is 70.4 Å².